The number of aryl methyl sites for hydroxylation is 1. The lowest BCUT2D eigenvalue weighted by molar-refractivity contribution is 0.0688. The van der Waals surface area contributed by atoms with Crippen LogP contribution < -0.4 is 5.90 Å². The molecule has 0 saturated heterocycles. The third-order valence-electron chi connectivity index (χ3n) is 2.71. The zero-order valence-corrected chi connectivity index (χ0v) is 11.6. The second-order valence-electron chi connectivity index (χ2n) is 4.13. The van der Waals surface area contributed by atoms with Gasteiger partial charge < -0.3 is 20.2 Å². The first kappa shape index (κ1) is 16.9. The van der Waals surface area contributed by atoms with Crippen LogP contribution in [0.3, 0.4) is 0 Å². The molecule has 8 nitrogen and oxygen atoms in total. The fourth-order valence-electron chi connectivity index (χ4n) is 1.79. The summed E-state index contributed by atoms with van der Waals surface area (Å²) in [5.74, 6) is 2.97. The van der Waals surface area contributed by atoms with Crippen molar-refractivity contribution in [3.8, 4) is 11.5 Å². The van der Waals surface area contributed by atoms with E-state index in [9.17, 15) is 15.0 Å². The van der Waals surface area contributed by atoms with Crippen LogP contribution in [0.2, 0.25) is 0 Å². The Hall–Kier alpha value is -2.16. The van der Waals surface area contributed by atoms with Crippen molar-refractivity contribution in [2.24, 2.45) is 5.90 Å². The molecule has 21 heavy (non-hydrogen) atoms. The second kappa shape index (κ2) is 7.02. The third kappa shape index (κ3) is 3.69. The topological polar surface area (TPSA) is 139 Å². The van der Waals surface area contributed by atoms with Gasteiger partial charge in [0, 0.05) is 12.1 Å². The molecule has 0 atom stereocenters. The number of nitrogens with zero attached hydrogens (tertiary/aromatic N) is 2. The van der Waals surface area contributed by atoms with Crippen molar-refractivity contribution in [2.75, 3.05) is 6.61 Å². The Balaban J connectivity index is 0.00000220. The van der Waals surface area contributed by atoms with E-state index in [4.69, 9.17) is 11.0 Å². The molecule has 2 aromatic rings. The van der Waals surface area contributed by atoms with Crippen LogP contribution in [0.4, 0.5) is 0 Å². The zero-order valence-electron chi connectivity index (χ0n) is 10.8. The Bertz CT molecular complexity index is 665. The van der Waals surface area contributed by atoms with Gasteiger partial charge >= 0.3 is 5.97 Å². The molecule has 0 saturated carbocycles. The van der Waals surface area contributed by atoms with Crippen LogP contribution in [-0.4, -0.2) is 37.9 Å². The van der Waals surface area contributed by atoms with E-state index in [1.165, 1.54) is 6.07 Å². The minimum atomic E-state index is -1.21. The third-order valence-corrected chi connectivity index (χ3v) is 2.71. The van der Waals surface area contributed by atoms with Gasteiger partial charge in [-0.2, -0.15) is 0 Å². The highest BCUT2D eigenvalue weighted by Gasteiger charge is 2.16. The van der Waals surface area contributed by atoms with Gasteiger partial charge in [-0.15, -0.1) is 12.4 Å². The summed E-state index contributed by atoms with van der Waals surface area (Å²) in [5.41, 5.74) is 0.567. The number of halogens is 1. The molecule has 0 amide bonds. The average Bonchev–Trinajstić information content (AvgIpc) is 2.40. The maximum atomic E-state index is 11.2. The van der Waals surface area contributed by atoms with E-state index in [1.807, 2.05) is 0 Å². The highest BCUT2D eigenvalue weighted by Crippen LogP contribution is 2.29. The molecule has 1 aromatic heterocycles. The number of aromatic hydroxyl groups is 2. The minimum Gasteiger partial charge on any atom is -0.504 e. The maximum absolute atomic E-state index is 11.2. The van der Waals surface area contributed by atoms with Crippen molar-refractivity contribution in [3.63, 3.8) is 0 Å². The van der Waals surface area contributed by atoms with Crippen LogP contribution in [0.25, 0.3) is 11.0 Å². The number of benzene rings is 1. The number of rotatable bonds is 5. The Morgan fingerprint density at radius 2 is 1.76 bits per heavy atom. The van der Waals surface area contributed by atoms with Gasteiger partial charge in [-0.25, -0.2) is 20.7 Å². The number of fused-ring (bicyclic) bond motifs is 1. The first-order valence-corrected chi connectivity index (χ1v) is 5.80. The number of phenolic OH excluding ortho intramolecular Hbond substituents is 2. The smallest absolute Gasteiger partial charge is 0.356 e. The SMILES string of the molecule is Cl.NOCCCc1nc2cc(O)c(O)cc2nc1C(=O)O. The number of aromatic carboxylic acids is 1. The van der Waals surface area contributed by atoms with Crippen molar-refractivity contribution >= 4 is 29.4 Å². The predicted octanol–water partition coefficient (Wildman–Crippen LogP) is 0.984. The Kier molecular flexibility index (Phi) is 5.65. The van der Waals surface area contributed by atoms with E-state index >= 15 is 0 Å². The second-order valence-corrected chi connectivity index (χ2v) is 4.13. The van der Waals surface area contributed by atoms with E-state index in [-0.39, 0.29) is 47.4 Å². The van der Waals surface area contributed by atoms with Crippen LogP contribution in [0.1, 0.15) is 22.6 Å². The lowest BCUT2D eigenvalue weighted by atomic mass is 10.1. The maximum Gasteiger partial charge on any atom is 0.356 e. The molecule has 0 aliphatic heterocycles. The van der Waals surface area contributed by atoms with E-state index in [0.29, 0.717) is 18.4 Å². The Morgan fingerprint density at radius 3 is 2.29 bits per heavy atom. The van der Waals surface area contributed by atoms with E-state index in [0.717, 1.165) is 6.07 Å². The first-order chi connectivity index (χ1) is 9.52. The van der Waals surface area contributed by atoms with Crippen LogP contribution in [0.5, 0.6) is 11.5 Å². The molecule has 2 rings (SSSR count). The summed E-state index contributed by atoms with van der Waals surface area (Å²) < 4.78 is 0. The molecule has 1 aromatic carbocycles. The van der Waals surface area contributed by atoms with Gasteiger partial charge in [-0.3, -0.25) is 0 Å². The summed E-state index contributed by atoms with van der Waals surface area (Å²) >= 11 is 0. The van der Waals surface area contributed by atoms with Crippen molar-refractivity contribution in [2.45, 2.75) is 12.8 Å². The van der Waals surface area contributed by atoms with Crippen LogP contribution in [0, 0.1) is 0 Å². The number of nitrogens with two attached hydrogens (primary N) is 1. The summed E-state index contributed by atoms with van der Waals surface area (Å²) in [4.78, 5) is 23.7. The fraction of sp³-hybridized carbons (Fsp3) is 0.250. The highest BCUT2D eigenvalue weighted by atomic mass is 35.5. The van der Waals surface area contributed by atoms with Gasteiger partial charge in [-0.1, -0.05) is 0 Å². The first-order valence-electron chi connectivity index (χ1n) is 5.80. The molecular formula is C12H14ClN3O5. The molecule has 9 heteroatoms. The van der Waals surface area contributed by atoms with Gasteiger partial charge in [0.2, 0.25) is 0 Å². The van der Waals surface area contributed by atoms with Crippen molar-refractivity contribution in [3.05, 3.63) is 23.5 Å². The molecule has 0 aliphatic carbocycles. The quantitative estimate of drug-likeness (QED) is 0.364. The molecular weight excluding hydrogens is 302 g/mol. The summed E-state index contributed by atoms with van der Waals surface area (Å²) in [6.07, 6.45) is 0.810. The number of hydrogen-bond donors (Lipinski definition) is 4. The lowest BCUT2D eigenvalue weighted by Gasteiger charge is -2.07. The van der Waals surface area contributed by atoms with Gasteiger partial charge in [0.05, 0.1) is 23.3 Å². The van der Waals surface area contributed by atoms with E-state index < -0.39 is 5.97 Å². The number of phenols is 2. The summed E-state index contributed by atoms with van der Waals surface area (Å²) in [5, 5.41) is 28.0. The number of carboxylic acid groups (broad SMARTS) is 1. The molecule has 0 aliphatic rings. The van der Waals surface area contributed by atoms with Crippen LogP contribution in [-0.2, 0) is 11.3 Å². The lowest BCUT2D eigenvalue weighted by Crippen LogP contribution is -2.10. The van der Waals surface area contributed by atoms with Gasteiger partial charge in [0.15, 0.2) is 17.2 Å². The predicted molar refractivity (Wildman–Crippen MR) is 75.5 cm³/mol. The van der Waals surface area contributed by atoms with Gasteiger partial charge in [0.1, 0.15) is 0 Å². The zero-order chi connectivity index (χ0) is 14.7. The number of carbonyl (C=O) groups is 1. The highest BCUT2D eigenvalue weighted by molar-refractivity contribution is 5.90. The Morgan fingerprint density at radius 1 is 1.19 bits per heavy atom. The molecule has 5 N–H and O–H groups in total. The molecule has 0 radical (unpaired) electrons. The average molecular weight is 316 g/mol. The molecule has 0 unspecified atom stereocenters. The molecule has 114 valence electrons. The van der Waals surface area contributed by atoms with Gasteiger partial charge in [0.25, 0.3) is 0 Å². The molecule has 1 heterocycles. The van der Waals surface area contributed by atoms with Crippen molar-refractivity contribution in [1.29, 1.82) is 0 Å². The van der Waals surface area contributed by atoms with E-state index in [2.05, 4.69) is 14.8 Å². The van der Waals surface area contributed by atoms with Crippen molar-refractivity contribution in [1.82, 2.24) is 9.97 Å². The van der Waals surface area contributed by atoms with Crippen LogP contribution >= 0.6 is 12.4 Å². The fourth-order valence-corrected chi connectivity index (χ4v) is 1.79. The Labute approximate surface area is 125 Å². The standard InChI is InChI=1S/C12H13N3O5.ClH/c13-20-3-1-2-6-11(12(18)19)15-8-5-10(17)9(16)4-7(8)14-6;/h4-5,16-17H,1-3,13H2,(H,18,19);1H. The van der Waals surface area contributed by atoms with Crippen LogP contribution in [0.15, 0.2) is 12.1 Å². The molecule has 0 fully saturated rings. The largest absolute Gasteiger partial charge is 0.504 e. The monoisotopic (exact) mass is 315 g/mol. The summed E-state index contributed by atoms with van der Waals surface area (Å²) in [6.45, 7) is 0.263. The number of hydrogen-bond acceptors (Lipinski definition) is 7. The normalized spacial score (nSPS) is 10.3. The molecule has 0 spiro atoms. The number of aromatic nitrogens is 2. The van der Waals surface area contributed by atoms with Crippen molar-refractivity contribution < 1.29 is 25.0 Å². The summed E-state index contributed by atoms with van der Waals surface area (Å²) in [7, 11) is 0. The van der Waals surface area contributed by atoms with E-state index in [1.54, 1.807) is 0 Å². The number of carboxylic acids is 1. The summed E-state index contributed by atoms with van der Waals surface area (Å²) in [6, 6.07) is 2.39. The molecule has 0 bridgehead atoms. The van der Waals surface area contributed by atoms with Gasteiger partial charge in [-0.05, 0) is 12.8 Å². The minimum absolute atomic E-state index is 0.